The van der Waals surface area contributed by atoms with Crippen molar-refractivity contribution in [2.75, 3.05) is 12.4 Å². The number of aldehydes is 1. The zero-order valence-electron chi connectivity index (χ0n) is 10.7. The topological polar surface area (TPSA) is 85.6 Å². The number of rotatable bonds is 3. The van der Waals surface area contributed by atoms with E-state index in [1.54, 1.807) is 13.0 Å². The van der Waals surface area contributed by atoms with E-state index >= 15 is 0 Å². The van der Waals surface area contributed by atoms with E-state index in [9.17, 15) is 14.4 Å². The van der Waals surface area contributed by atoms with Gasteiger partial charge in [-0.1, -0.05) is 11.6 Å². The smallest absolute Gasteiger partial charge is 0.290 e. The Morgan fingerprint density at radius 3 is 2.75 bits per heavy atom. The molecule has 1 aromatic carbocycles. The molecular formula is C13H10ClNO5. The molecule has 20 heavy (non-hydrogen) atoms. The van der Waals surface area contributed by atoms with E-state index in [1.165, 1.54) is 13.2 Å². The quantitative estimate of drug-likeness (QED) is 0.690. The van der Waals surface area contributed by atoms with Gasteiger partial charge in [0, 0.05) is 5.02 Å². The molecule has 6 nitrogen and oxygen atoms in total. The molecule has 0 fully saturated rings. The molecule has 0 atom stereocenters. The van der Waals surface area contributed by atoms with Gasteiger partial charge in [-0.3, -0.25) is 19.7 Å². The highest BCUT2D eigenvalue weighted by molar-refractivity contribution is 6.31. The lowest BCUT2D eigenvalue weighted by molar-refractivity contribution is -0.127. The van der Waals surface area contributed by atoms with E-state index in [-0.39, 0.29) is 28.9 Å². The number of halogens is 1. The van der Waals surface area contributed by atoms with Crippen molar-refractivity contribution in [1.82, 2.24) is 0 Å². The fourth-order valence-electron chi connectivity index (χ4n) is 1.82. The van der Waals surface area contributed by atoms with Crippen LogP contribution in [0.3, 0.4) is 0 Å². The van der Waals surface area contributed by atoms with E-state index in [0.717, 1.165) is 0 Å². The molecule has 1 amide bonds. The van der Waals surface area contributed by atoms with Crippen LogP contribution in [0, 0.1) is 6.92 Å². The van der Waals surface area contributed by atoms with Gasteiger partial charge in [0.1, 0.15) is 5.58 Å². The van der Waals surface area contributed by atoms with Crippen LogP contribution in [0.4, 0.5) is 5.88 Å². The third-order valence-electron chi connectivity index (χ3n) is 2.65. The number of benzene rings is 1. The summed E-state index contributed by atoms with van der Waals surface area (Å²) in [6.07, 6.45) is 0.0678. The second-order valence-electron chi connectivity index (χ2n) is 4.00. The Balaban J connectivity index is 2.80. The molecule has 2 rings (SSSR count). The highest BCUT2D eigenvalue weighted by Gasteiger charge is 2.18. The number of methoxy groups -OCH3 is 1. The third-order valence-corrected chi connectivity index (χ3v) is 2.87. The predicted molar refractivity (Wildman–Crippen MR) is 73.5 cm³/mol. The van der Waals surface area contributed by atoms with Crippen molar-refractivity contribution in [1.29, 1.82) is 0 Å². The second kappa shape index (κ2) is 5.34. The first-order valence-electron chi connectivity index (χ1n) is 5.55. The summed E-state index contributed by atoms with van der Waals surface area (Å²) in [5.74, 6) is -1.36. The van der Waals surface area contributed by atoms with Crippen LogP contribution in [0.25, 0.3) is 11.0 Å². The average Bonchev–Trinajstić information content (AvgIpc) is 2.40. The van der Waals surface area contributed by atoms with Crippen LogP contribution in [-0.4, -0.2) is 19.3 Å². The summed E-state index contributed by atoms with van der Waals surface area (Å²) in [7, 11) is 1.26. The third kappa shape index (κ3) is 2.37. The van der Waals surface area contributed by atoms with Gasteiger partial charge in [0.05, 0.1) is 12.5 Å². The Kier molecular flexibility index (Phi) is 3.76. The van der Waals surface area contributed by atoms with E-state index in [1.807, 2.05) is 0 Å². The molecule has 1 N–H and O–H groups in total. The molecule has 0 aliphatic carbocycles. The highest BCUT2D eigenvalue weighted by atomic mass is 35.5. The number of ether oxygens (including phenoxy) is 1. The maximum Gasteiger partial charge on any atom is 0.290 e. The number of amides is 1. The Morgan fingerprint density at radius 1 is 1.45 bits per heavy atom. The van der Waals surface area contributed by atoms with Crippen LogP contribution in [0.15, 0.2) is 21.3 Å². The molecule has 1 heterocycles. The van der Waals surface area contributed by atoms with Crippen molar-refractivity contribution in [2.24, 2.45) is 0 Å². The summed E-state index contributed by atoms with van der Waals surface area (Å²) >= 11 is 5.90. The Hall–Kier alpha value is -2.34. The van der Waals surface area contributed by atoms with Gasteiger partial charge in [-0.05, 0) is 24.6 Å². The minimum absolute atomic E-state index is 0.0678. The molecule has 2 aromatic rings. The van der Waals surface area contributed by atoms with Crippen molar-refractivity contribution in [3.63, 3.8) is 0 Å². The van der Waals surface area contributed by atoms with Gasteiger partial charge < -0.3 is 9.15 Å². The molecule has 104 valence electrons. The SMILES string of the molecule is COc1c(NC(=O)C=O)oc2c(C)cc(Cl)cc2c1=O. The molecule has 0 unspecified atom stereocenters. The Morgan fingerprint density at radius 2 is 2.15 bits per heavy atom. The molecular weight excluding hydrogens is 286 g/mol. The zero-order chi connectivity index (χ0) is 14.9. The summed E-state index contributed by atoms with van der Waals surface area (Å²) in [6, 6.07) is 3.06. The predicted octanol–water partition coefficient (Wildman–Crippen LogP) is 1.90. The number of hydrogen-bond acceptors (Lipinski definition) is 5. The number of fused-ring (bicyclic) bond motifs is 1. The molecule has 7 heteroatoms. The van der Waals surface area contributed by atoms with Crippen LogP contribution >= 0.6 is 11.6 Å². The number of hydrogen-bond donors (Lipinski definition) is 1. The summed E-state index contributed by atoms with van der Waals surface area (Å²) in [5.41, 5.74) is 0.399. The van der Waals surface area contributed by atoms with E-state index in [0.29, 0.717) is 10.6 Å². The Labute approximate surface area is 118 Å². The van der Waals surface area contributed by atoms with Crippen LogP contribution in [0.5, 0.6) is 5.75 Å². The number of aryl methyl sites for hydroxylation is 1. The van der Waals surface area contributed by atoms with Crippen LogP contribution in [0.1, 0.15) is 5.56 Å². The van der Waals surface area contributed by atoms with E-state index in [4.69, 9.17) is 20.8 Å². The molecule has 0 saturated carbocycles. The van der Waals surface area contributed by atoms with Gasteiger partial charge in [0.25, 0.3) is 5.91 Å². The minimum atomic E-state index is -0.947. The lowest BCUT2D eigenvalue weighted by Crippen LogP contribution is -2.16. The van der Waals surface area contributed by atoms with Crippen LogP contribution in [0.2, 0.25) is 5.02 Å². The van der Waals surface area contributed by atoms with Gasteiger partial charge in [0.2, 0.25) is 23.3 Å². The van der Waals surface area contributed by atoms with Crippen molar-refractivity contribution >= 4 is 40.6 Å². The maximum atomic E-state index is 12.3. The van der Waals surface area contributed by atoms with Crippen LogP contribution < -0.4 is 15.5 Å². The molecule has 0 bridgehead atoms. The van der Waals surface area contributed by atoms with Gasteiger partial charge in [-0.25, -0.2) is 0 Å². The summed E-state index contributed by atoms with van der Waals surface area (Å²) in [6.45, 7) is 1.70. The Bertz CT molecular complexity index is 765. The van der Waals surface area contributed by atoms with E-state index < -0.39 is 11.3 Å². The number of carbonyl (C=O) groups is 2. The maximum absolute atomic E-state index is 12.3. The van der Waals surface area contributed by atoms with Gasteiger partial charge in [0.15, 0.2) is 0 Å². The molecule has 0 spiro atoms. The average molecular weight is 296 g/mol. The fraction of sp³-hybridized carbons (Fsp3) is 0.154. The van der Waals surface area contributed by atoms with Gasteiger partial charge in [-0.2, -0.15) is 0 Å². The van der Waals surface area contributed by atoms with Gasteiger partial charge in [-0.15, -0.1) is 0 Å². The monoisotopic (exact) mass is 295 g/mol. The molecule has 0 saturated heterocycles. The number of anilines is 1. The molecule has 0 radical (unpaired) electrons. The minimum Gasteiger partial charge on any atom is -0.488 e. The molecule has 0 aliphatic heterocycles. The first-order valence-corrected chi connectivity index (χ1v) is 5.92. The lowest BCUT2D eigenvalue weighted by Gasteiger charge is -2.09. The number of nitrogens with one attached hydrogen (secondary N) is 1. The largest absolute Gasteiger partial charge is 0.488 e. The normalized spacial score (nSPS) is 10.3. The van der Waals surface area contributed by atoms with Crippen molar-refractivity contribution in [2.45, 2.75) is 6.92 Å². The van der Waals surface area contributed by atoms with E-state index in [2.05, 4.69) is 5.32 Å². The summed E-state index contributed by atoms with van der Waals surface area (Å²) < 4.78 is 10.4. The first kappa shape index (κ1) is 14.1. The highest BCUT2D eigenvalue weighted by Crippen LogP contribution is 2.29. The van der Waals surface area contributed by atoms with Crippen LogP contribution in [-0.2, 0) is 9.59 Å². The molecule has 0 aliphatic rings. The molecule has 1 aromatic heterocycles. The first-order chi connectivity index (χ1) is 9.47. The standard InChI is InChI=1S/C13H10ClNO5/c1-6-3-7(14)4-8-10(18)12(19-2)13(20-11(6)8)15-9(17)5-16/h3-5H,1-2H3,(H,15,17). The van der Waals surface area contributed by atoms with Crippen molar-refractivity contribution in [3.8, 4) is 5.75 Å². The summed E-state index contributed by atoms with van der Waals surface area (Å²) in [5, 5.41) is 2.77. The van der Waals surface area contributed by atoms with Crippen molar-refractivity contribution in [3.05, 3.63) is 32.9 Å². The van der Waals surface area contributed by atoms with Crippen molar-refractivity contribution < 1.29 is 18.7 Å². The number of carbonyl (C=O) groups excluding carboxylic acids is 2. The second-order valence-corrected chi connectivity index (χ2v) is 4.44. The lowest BCUT2D eigenvalue weighted by atomic mass is 10.1. The fourth-order valence-corrected chi connectivity index (χ4v) is 2.09. The van der Waals surface area contributed by atoms with Gasteiger partial charge >= 0.3 is 0 Å². The summed E-state index contributed by atoms with van der Waals surface area (Å²) in [4.78, 5) is 33.8. The zero-order valence-corrected chi connectivity index (χ0v) is 11.4.